The second-order valence-corrected chi connectivity index (χ2v) is 5.26. The van der Waals surface area contributed by atoms with Crippen molar-refractivity contribution < 1.29 is 0 Å². The van der Waals surface area contributed by atoms with Crippen molar-refractivity contribution in [1.29, 1.82) is 5.26 Å². The first-order chi connectivity index (χ1) is 12.7. The van der Waals surface area contributed by atoms with Gasteiger partial charge in [-0.2, -0.15) is 5.26 Å². The van der Waals surface area contributed by atoms with Crippen LogP contribution in [0.25, 0.3) is 0 Å². The molecule has 0 heterocycles. The number of nitrogens with zero attached hydrogens (tertiary/aromatic N) is 1. The number of rotatable bonds is 0. The maximum absolute atomic E-state index is 8.92. The smallest absolute Gasteiger partial charge is 0.0932 e. The molecule has 0 fully saturated rings. The predicted molar refractivity (Wildman–Crippen MR) is 112 cm³/mol. The van der Waals surface area contributed by atoms with Crippen molar-refractivity contribution in [2.45, 2.75) is 0 Å². The van der Waals surface area contributed by atoms with Crippen molar-refractivity contribution in [3.8, 4) is 52.1 Å². The third kappa shape index (κ3) is 6.25. The second kappa shape index (κ2) is 10.5. The first-order valence-corrected chi connectivity index (χ1v) is 8.29. The molecule has 0 radical (unpaired) electrons. The monoisotopic (exact) mass is 365 g/mol. The topological polar surface area (TPSA) is 23.8 Å². The molecule has 0 aromatic heterocycles. The fourth-order valence-electron chi connectivity index (χ4n) is 1.85. The number of nitriles is 1. The lowest BCUT2D eigenvalue weighted by molar-refractivity contribution is 1.53. The van der Waals surface area contributed by atoms with Gasteiger partial charge in [-0.05, 0) is 59.0 Å². The lowest BCUT2D eigenvalue weighted by Crippen LogP contribution is -1.80. The summed E-state index contributed by atoms with van der Waals surface area (Å²) in [6.07, 6.45) is 1.33. The maximum Gasteiger partial charge on any atom is 0.0932 e. The Morgan fingerprint density at radius 2 is 1.00 bits per heavy atom. The fraction of sp³-hybridized carbons (Fsp3) is 0. The highest BCUT2D eigenvalue weighted by molar-refractivity contribution is 7.85. The molecule has 120 valence electrons. The van der Waals surface area contributed by atoms with Crippen LogP contribution in [-0.4, -0.2) is 0 Å². The number of hydrogen-bond donors (Lipinski definition) is 2. The van der Waals surface area contributed by atoms with Gasteiger partial charge < -0.3 is 0 Å². The molecule has 0 saturated heterocycles. The van der Waals surface area contributed by atoms with Gasteiger partial charge in [-0.15, -0.1) is 0 Å². The van der Waals surface area contributed by atoms with Gasteiger partial charge in [-0.25, -0.2) is 0 Å². The van der Waals surface area contributed by atoms with Crippen LogP contribution < -0.4 is 0 Å². The zero-order valence-electron chi connectivity index (χ0n) is 13.5. The lowest BCUT2D eigenvalue weighted by atomic mass is 10.1. The van der Waals surface area contributed by atoms with Crippen molar-refractivity contribution >= 4 is 25.3 Å². The fourth-order valence-corrected chi connectivity index (χ4v) is 2.11. The summed E-state index contributed by atoms with van der Waals surface area (Å²) < 4.78 is 0. The van der Waals surface area contributed by atoms with Gasteiger partial charge in [0.2, 0.25) is 0 Å². The summed E-state index contributed by atoms with van der Waals surface area (Å²) >= 11 is 7.73. The Kier molecular flexibility index (Phi) is 7.63. The average Bonchev–Trinajstić information content (AvgIpc) is 2.67. The molecule has 2 aromatic rings. The number of benzene rings is 2. The van der Waals surface area contributed by atoms with Gasteiger partial charge in [-0.1, -0.05) is 60.8 Å². The molecule has 26 heavy (non-hydrogen) atoms. The largest absolute Gasteiger partial charge is 0.193 e. The van der Waals surface area contributed by atoms with Crippen molar-refractivity contribution in [2.75, 3.05) is 0 Å². The molecule has 2 aromatic carbocycles. The molecule has 0 aliphatic carbocycles. The molecular weight excluding hydrogens is 354 g/mol. The van der Waals surface area contributed by atoms with E-state index >= 15 is 0 Å². The molecule has 0 spiro atoms. The first kappa shape index (κ1) is 18.9. The lowest BCUT2D eigenvalue weighted by Gasteiger charge is -1.92. The molecule has 1 nitrogen and oxygen atoms in total. The Hall–Kier alpha value is -3.39. The Morgan fingerprint density at radius 3 is 1.31 bits per heavy atom. The molecule has 3 heteroatoms. The standard InChI is InChI=1S/C23H11NS2/c24-16-13-21(7-1-19-3-9-22(10-4-19)14-17-25)8-2-20-5-11-23(12-6-20)15-18-26/h3-6,9-13,25-26H. The molecule has 0 saturated carbocycles. The molecular formula is C23H11NS2. The highest BCUT2D eigenvalue weighted by Crippen LogP contribution is 2.04. The van der Waals surface area contributed by atoms with Gasteiger partial charge in [0.15, 0.2) is 0 Å². The summed E-state index contributed by atoms with van der Waals surface area (Å²) in [6.45, 7) is 0. The summed E-state index contributed by atoms with van der Waals surface area (Å²) in [6, 6.07) is 16.9. The summed E-state index contributed by atoms with van der Waals surface area (Å²) in [5.74, 6) is 17.5. The third-order valence-corrected chi connectivity index (χ3v) is 3.29. The van der Waals surface area contributed by atoms with Crippen molar-refractivity contribution in [2.24, 2.45) is 0 Å². The van der Waals surface area contributed by atoms with E-state index in [0.717, 1.165) is 22.3 Å². The molecule has 2 rings (SSSR count). The van der Waals surface area contributed by atoms with Crippen molar-refractivity contribution in [3.63, 3.8) is 0 Å². The van der Waals surface area contributed by atoms with Crippen LogP contribution in [0.2, 0.25) is 0 Å². The summed E-state index contributed by atoms with van der Waals surface area (Å²) in [7, 11) is 0. The van der Waals surface area contributed by atoms with E-state index in [0.29, 0.717) is 5.57 Å². The van der Waals surface area contributed by atoms with Crippen molar-refractivity contribution in [3.05, 3.63) is 82.4 Å². The van der Waals surface area contributed by atoms with Crippen LogP contribution >= 0.6 is 25.3 Å². The Bertz CT molecular complexity index is 1020. The number of allylic oxidation sites excluding steroid dienone is 2. The van der Waals surface area contributed by atoms with E-state index in [1.54, 1.807) is 0 Å². The van der Waals surface area contributed by atoms with Crippen LogP contribution in [0.15, 0.2) is 60.2 Å². The zero-order chi connectivity index (χ0) is 18.6. The predicted octanol–water partition coefficient (Wildman–Crippen LogP) is 4.02. The van der Waals surface area contributed by atoms with Crippen LogP contribution in [0, 0.1) is 57.4 Å². The van der Waals surface area contributed by atoms with Gasteiger partial charge in [0, 0.05) is 28.3 Å². The van der Waals surface area contributed by atoms with Gasteiger partial charge in [0.1, 0.15) is 0 Å². The third-order valence-electron chi connectivity index (χ3n) is 3.06. The van der Waals surface area contributed by atoms with Gasteiger partial charge in [0.25, 0.3) is 0 Å². The Balaban J connectivity index is 2.20. The number of thiol groups is 2. The summed E-state index contributed by atoms with van der Waals surface area (Å²) in [5, 5.41) is 14.0. The van der Waals surface area contributed by atoms with Gasteiger partial charge in [-0.3, -0.25) is 0 Å². The molecule has 0 amide bonds. The van der Waals surface area contributed by atoms with Crippen LogP contribution in [0.3, 0.4) is 0 Å². The highest BCUT2D eigenvalue weighted by atomic mass is 32.1. The normalized spacial score (nSPS) is 7.88. The minimum absolute atomic E-state index is 0.450. The summed E-state index contributed by atoms with van der Waals surface area (Å²) in [5.41, 5.74) is 3.81. The van der Waals surface area contributed by atoms with Crippen LogP contribution in [0.4, 0.5) is 0 Å². The molecule has 0 aliphatic heterocycles. The quantitative estimate of drug-likeness (QED) is 0.411. The maximum atomic E-state index is 8.92. The van der Waals surface area contributed by atoms with E-state index in [9.17, 15) is 0 Å². The van der Waals surface area contributed by atoms with E-state index in [1.807, 2.05) is 54.6 Å². The molecule has 0 bridgehead atoms. The average molecular weight is 365 g/mol. The molecule has 0 aliphatic rings. The molecule has 0 atom stereocenters. The Morgan fingerprint density at radius 1 is 0.654 bits per heavy atom. The van der Waals surface area contributed by atoms with E-state index in [1.165, 1.54) is 6.08 Å². The van der Waals surface area contributed by atoms with Crippen molar-refractivity contribution in [1.82, 2.24) is 0 Å². The van der Waals surface area contributed by atoms with E-state index < -0.39 is 0 Å². The SMILES string of the molecule is N#CC=C(C#Cc1ccc(C#CS)cc1)C#Cc1ccc(C#CS)cc1. The summed E-state index contributed by atoms with van der Waals surface area (Å²) in [4.78, 5) is 0. The van der Waals surface area contributed by atoms with Crippen LogP contribution in [-0.2, 0) is 0 Å². The Labute approximate surface area is 165 Å². The van der Waals surface area contributed by atoms with Gasteiger partial charge >= 0.3 is 0 Å². The zero-order valence-corrected chi connectivity index (χ0v) is 15.3. The van der Waals surface area contributed by atoms with E-state index in [-0.39, 0.29) is 0 Å². The van der Waals surface area contributed by atoms with Gasteiger partial charge in [0.05, 0.1) is 11.6 Å². The van der Waals surface area contributed by atoms with Crippen LogP contribution in [0.5, 0.6) is 0 Å². The van der Waals surface area contributed by atoms with E-state index in [2.05, 4.69) is 71.3 Å². The minimum Gasteiger partial charge on any atom is -0.193 e. The molecule has 0 unspecified atom stereocenters. The first-order valence-electron chi connectivity index (χ1n) is 7.39. The second-order valence-electron chi connectivity index (χ2n) is 4.82. The van der Waals surface area contributed by atoms with Crippen LogP contribution in [0.1, 0.15) is 22.3 Å². The molecule has 0 N–H and O–H groups in total. The number of hydrogen-bond acceptors (Lipinski definition) is 3. The van der Waals surface area contributed by atoms with E-state index in [4.69, 9.17) is 5.26 Å². The highest BCUT2D eigenvalue weighted by Gasteiger charge is 1.91. The minimum atomic E-state index is 0.450.